The Balaban J connectivity index is 2.24. The molecule has 0 radical (unpaired) electrons. The summed E-state index contributed by atoms with van der Waals surface area (Å²) in [6.45, 7) is 4.62. The first-order valence-corrected chi connectivity index (χ1v) is 8.94. The van der Waals surface area contributed by atoms with Crippen LogP contribution in [0.2, 0.25) is 10.0 Å². The number of amides is 2. The van der Waals surface area contributed by atoms with Gasteiger partial charge in [-0.25, -0.2) is 4.79 Å². The third kappa shape index (κ3) is 4.76. The molecule has 0 bridgehead atoms. The second-order valence-electron chi connectivity index (χ2n) is 5.65. The number of rotatable bonds is 7. The van der Waals surface area contributed by atoms with Gasteiger partial charge >= 0.3 is 5.97 Å². The Morgan fingerprint density at radius 1 is 1.25 bits per heavy atom. The van der Waals surface area contributed by atoms with E-state index in [2.05, 4.69) is 5.32 Å². The van der Waals surface area contributed by atoms with Crippen molar-refractivity contribution in [3.05, 3.63) is 45.1 Å². The Morgan fingerprint density at radius 3 is 2.50 bits per heavy atom. The smallest absolute Gasteiger partial charge is 0.342 e. The Labute approximate surface area is 170 Å². The topological polar surface area (TPSA) is 121 Å². The average molecular weight is 429 g/mol. The standard InChI is InChI=1S/C18H18Cl2N2O6/c1-4-26-18(25)13-8(2)28-17(14(13)15(21)23)22-16(24)9(3)27-12-6-5-10(19)7-11(12)20/h5-7,9H,4H2,1-3H3,(H2,21,23)(H,22,24). The Morgan fingerprint density at radius 2 is 1.93 bits per heavy atom. The minimum absolute atomic E-state index is 0.0804. The molecule has 1 aromatic heterocycles. The minimum atomic E-state index is -1.02. The van der Waals surface area contributed by atoms with Gasteiger partial charge in [0.15, 0.2) is 6.10 Å². The molecule has 2 aromatic rings. The molecule has 0 aliphatic heterocycles. The number of anilines is 1. The number of hydrogen-bond acceptors (Lipinski definition) is 6. The van der Waals surface area contributed by atoms with Gasteiger partial charge in [-0.05, 0) is 39.0 Å². The van der Waals surface area contributed by atoms with Crippen molar-refractivity contribution in [2.24, 2.45) is 5.73 Å². The number of esters is 1. The summed E-state index contributed by atoms with van der Waals surface area (Å²) < 4.78 is 15.8. The van der Waals surface area contributed by atoms with Gasteiger partial charge in [0.25, 0.3) is 11.8 Å². The normalized spacial score (nSPS) is 11.6. The third-order valence-corrected chi connectivity index (χ3v) is 4.14. The molecule has 0 aliphatic carbocycles. The lowest BCUT2D eigenvalue weighted by Crippen LogP contribution is -2.31. The van der Waals surface area contributed by atoms with E-state index >= 15 is 0 Å². The van der Waals surface area contributed by atoms with Crippen LogP contribution in [-0.2, 0) is 9.53 Å². The summed E-state index contributed by atoms with van der Waals surface area (Å²) in [6.07, 6.45) is -1.02. The van der Waals surface area contributed by atoms with Gasteiger partial charge < -0.3 is 19.6 Å². The number of nitrogens with one attached hydrogen (secondary N) is 1. The van der Waals surface area contributed by atoms with Crippen molar-refractivity contribution >= 4 is 46.9 Å². The van der Waals surface area contributed by atoms with Crippen molar-refractivity contribution in [1.82, 2.24) is 0 Å². The number of nitrogens with two attached hydrogens (primary N) is 1. The van der Waals surface area contributed by atoms with E-state index in [0.29, 0.717) is 5.02 Å². The molecule has 150 valence electrons. The number of halogens is 2. The van der Waals surface area contributed by atoms with Gasteiger partial charge in [0.2, 0.25) is 5.88 Å². The Bertz CT molecular complexity index is 925. The summed E-state index contributed by atoms with van der Waals surface area (Å²) in [4.78, 5) is 36.4. The maximum atomic E-state index is 12.5. The van der Waals surface area contributed by atoms with Crippen LogP contribution >= 0.6 is 23.2 Å². The van der Waals surface area contributed by atoms with Gasteiger partial charge in [0, 0.05) is 5.02 Å². The molecule has 3 N–H and O–H groups in total. The fraction of sp³-hybridized carbons (Fsp3) is 0.278. The van der Waals surface area contributed by atoms with E-state index in [0.717, 1.165) is 0 Å². The number of aryl methyl sites for hydroxylation is 1. The number of ether oxygens (including phenoxy) is 2. The predicted octanol–water partition coefficient (Wildman–Crippen LogP) is 3.58. The zero-order valence-electron chi connectivity index (χ0n) is 15.3. The maximum absolute atomic E-state index is 12.5. The number of carbonyl (C=O) groups excluding carboxylic acids is 3. The molecule has 8 nitrogen and oxygen atoms in total. The molecule has 1 unspecified atom stereocenters. The van der Waals surface area contributed by atoms with Crippen molar-refractivity contribution in [2.75, 3.05) is 11.9 Å². The van der Waals surface area contributed by atoms with Crippen LogP contribution in [-0.4, -0.2) is 30.5 Å². The highest BCUT2D eigenvalue weighted by atomic mass is 35.5. The highest BCUT2D eigenvalue weighted by Gasteiger charge is 2.30. The highest BCUT2D eigenvalue weighted by molar-refractivity contribution is 6.35. The van der Waals surface area contributed by atoms with Crippen LogP contribution in [0.15, 0.2) is 22.6 Å². The number of benzene rings is 1. The lowest BCUT2D eigenvalue weighted by molar-refractivity contribution is -0.122. The summed E-state index contributed by atoms with van der Waals surface area (Å²) in [5, 5.41) is 3.03. The Hall–Kier alpha value is -2.71. The number of primary amides is 1. The summed E-state index contributed by atoms with van der Waals surface area (Å²) in [5.41, 5.74) is 4.94. The molecule has 1 atom stereocenters. The van der Waals surface area contributed by atoms with E-state index in [1.165, 1.54) is 26.0 Å². The van der Waals surface area contributed by atoms with Gasteiger partial charge in [-0.15, -0.1) is 0 Å². The number of hydrogen-bond donors (Lipinski definition) is 2. The van der Waals surface area contributed by atoms with Gasteiger partial charge in [0.05, 0.1) is 11.6 Å². The van der Waals surface area contributed by atoms with Crippen LogP contribution in [0.4, 0.5) is 5.88 Å². The predicted molar refractivity (Wildman–Crippen MR) is 103 cm³/mol. The lowest BCUT2D eigenvalue weighted by Gasteiger charge is -2.15. The summed E-state index contributed by atoms with van der Waals surface area (Å²) in [7, 11) is 0. The highest BCUT2D eigenvalue weighted by Crippen LogP contribution is 2.30. The van der Waals surface area contributed by atoms with Gasteiger partial charge in [-0.3, -0.25) is 14.9 Å². The average Bonchev–Trinajstić information content (AvgIpc) is 2.93. The molecule has 0 fully saturated rings. The molecular weight excluding hydrogens is 411 g/mol. The quantitative estimate of drug-likeness (QED) is 0.649. The zero-order chi connectivity index (χ0) is 21.0. The van der Waals surface area contributed by atoms with E-state index in [1.807, 2.05) is 0 Å². The summed E-state index contributed by atoms with van der Waals surface area (Å²) in [6, 6.07) is 4.54. The van der Waals surface area contributed by atoms with Crippen molar-refractivity contribution in [1.29, 1.82) is 0 Å². The largest absolute Gasteiger partial charge is 0.479 e. The van der Waals surface area contributed by atoms with E-state index < -0.39 is 23.9 Å². The molecular formula is C18H18Cl2N2O6. The fourth-order valence-electron chi connectivity index (χ4n) is 2.35. The maximum Gasteiger partial charge on any atom is 0.342 e. The summed E-state index contributed by atoms with van der Waals surface area (Å²) in [5.74, 6) is -2.34. The molecule has 0 spiro atoms. The van der Waals surface area contributed by atoms with Crippen LogP contribution in [0.1, 0.15) is 40.3 Å². The number of furan rings is 1. The first kappa shape index (κ1) is 21.6. The van der Waals surface area contributed by atoms with Crippen molar-refractivity contribution < 1.29 is 28.3 Å². The molecule has 0 aliphatic rings. The number of carbonyl (C=O) groups is 3. The molecule has 2 rings (SSSR count). The first-order chi connectivity index (χ1) is 13.1. The van der Waals surface area contributed by atoms with Crippen molar-refractivity contribution in [3.63, 3.8) is 0 Å². The minimum Gasteiger partial charge on any atom is -0.479 e. The van der Waals surface area contributed by atoms with Gasteiger partial charge in [-0.1, -0.05) is 23.2 Å². The second-order valence-corrected chi connectivity index (χ2v) is 6.49. The third-order valence-electron chi connectivity index (χ3n) is 3.61. The van der Waals surface area contributed by atoms with Crippen LogP contribution in [0.5, 0.6) is 5.75 Å². The van der Waals surface area contributed by atoms with Crippen molar-refractivity contribution in [2.45, 2.75) is 26.9 Å². The SMILES string of the molecule is CCOC(=O)c1c(C)oc(NC(=O)C(C)Oc2ccc(Cl)cc2Cl)c1C(N)=O. The van der Waals surface area contributed by atoms with Crippen LogP contribution in [0.3, 0.4) is 0 Å². The lowest BCUT2D eigenvalue weighted by atomic mass is 10.1. The first-order valence-electron chi connectivity index (χ1n) is 8.18. The van der Waals surface area contributed by atoms with Crippen LogP contribution in [0, 0.1) is 6.92 Å². The van der Waals surface area contributed by atoms with E-state index in [-0.39, 0.29) is 40.2 Å². The molecule has 2 amide bonds. The summed E-state index contributed by atoms with van der Waals surface area (Å²) >= 11 is 11.8. The van der Waals surface area contributed by atoms with Crippen LogP contribution in [0.25, 0.3) is 0 Å². The van der Waals surface area contributed by atoms with Gasteiger partial charge in [0.1, 0.15) is 22.6 Å². The molecule has 0 saturated carbocycles. The van der Waals surface area contributed by atoms with E-state index in [9.17, 15) is 14.4 Å². The van der Waals surface area contributed by atoms with Crippen molar-refractivity contribution in [3.8, 4) is 5.75 Å². The molecule has 1 aromatic carbocycles. The van der Waals surface area contributed by atoms with E-state index in [4.69, 9.17) is 42.8 Å². The monoisotopic (exact) mass is 428 g/mol. The fourth-order valence-corrected chi connectivity index (χ4v) is 2.80. The molecule has 28 heavy (non-hydrogen) atoms. The van der Waals surface area contributed by atoms with Gasteiger partial charge in [-0.2, -0.15) is 0 Å². The van der Waals surface area contributed by atoms with Crippen LogP contribution < -0.4 is 15.8 Å². The zero-order valence-corrected chi connectivity index (χ0v) is 16.8. The second kappa shape index (κ2) is 8.99. The molecule has 10 heteroatoms. The molecule has 1 heterocycles. The molecule has 0 saturated heterocycles. The van der Waals surface area contributed by atoms with E-state index in [1.54, 1.807) is 13.0 Å². The Kier molecular flexibility index (Phi) is 6.93.